The number of carbonyl (C=O) groups excluding carboxylic acids is 1. The van der Waals surface area contributed by atoms with Crippen LogP contribution >= 0.6 is 22.9 Å². The molecule has 3 nitrogen and oxygen atoms in total. The minimum atomic E-state index is -0.534. The Labute approximate surface area is 119 Å². The number of esters is 1. The lowest BCUT2D eigenvalue weighted by Crippen LogP contribution is -2.06. The molecule has 1 heterocycles. The van der Waals surface area contributed by atoms with Gasteiger partial charge in [0.15, 0.2) is 11.5 Å². The summed E-state index contributed by atoms with van der Waals surface area (Å²) in [4.78, 5) is 16.5. The smallest absolute Gasteiger partial charge is 0.358 e. The van der Waals surface area contributed by atoms with E-state index in [9.17, 15) is 9.18 Å². The standard InChI is InChI=1S/C13H11ClFNO2S/c1-3-18-13(17)11-7(2)19-12(16-11)8-5-4-6-9(14)10(8)15/h4-6H,3H2,1-2H3. The number of halogens is 2. The molecule has 2 rings (SSSR count). The maximum absolute atomic E-state index is 13.9. The van der Waals surface area contributed by atoms with Crippen molar-refractivity contribution in [2.75, 3.05) is 6.61 Å². The molecule has 19 heavy (non-hydrogen) atoms. The van der Waals surface area contributed by atoms with Gasteiger partial charge in [0.25, 0.3) is 0 Å². The fraction of sp³-hybridized carbons (Fsp3) is 0.231. The van der Waals surface area contributed by atoms with Crippen LogP contribution in [-0.2, 0) is 4.74 Å². The molecule has 0 aliphatic carbocycles. The minimum absolute atomic E-state index is 0.0306. The molecule has 0 saturated heterocycles. The number of thiazole rings is 1. The summed E-state index contributed by atoms with van der Waals surface area (Å²) < 4.78 is 18.8. The number of rotatable bonds is 3. The molecule has 0 fully saturated rings. The zero-order valence-corrected chi connectivity index (χ0v) is 11.9. The fourth-order valence-electron chi connectivity index (χ4n) is 1.57. The maximum atomic E-state index is 13.9. The number of aromatic nitrogens is 1. The summed E-state index contributed by atoms with van der Waals surface area (Å²) in [6.07, 6.45) is 0. The monoisotopic (exact) mass is 299 g/mol. The van der Waals surface area contributed by atoms with Crippen molar-refractivity contribution in [2.24, 2.45) is 0 Å². The molecular formula is C13H11ClFNO2S. The Hall–Kier alpha value is -1.46. The predicted octanol–water partition coefficient (Wildman–Crippen LogP) is 4.09. The summed E-state index contributed by atoms with van der Waals surface area (Å²) in [7, 11) is 0. The van der Waals surface area contributed by atoms with E-state index in [1.165, 1.54) is 17.4 Å². The molecule has 0 amide bonds. The second kappa shape index (κ2) is 5.67. The minimum Gasteiger partial charge on any atom is -0.461 e. The lowest BCUT2D eigenvalue weighted by atomic mass is 10.2. The van der Waals surface area contributed by atoms with Crippen LogP contribution in [0.4, 0.5) is 4.39 Å². The van der Waals surface area contributed by atoms with Gasteiger partial charge in [-0.25, -0.2) is 14.2 Å². The highest BCUT2D eigenvalue weighted by atomic mass is 35.5. The van der Waals surface area contributed by atoms with Gasteiger partial charge >= 0.3 is 5.97 Å². The van der Waals surface area contributed by atoms with Crippen LogP contribution in [0, 0.1) is 12.7 Å². The van der Waals surface area contributed by atoms with E-state index in [0.717, 1.165) is 0 Å². The zero-order chi connectivity index (χ0) is 14.0. The van der Waals surface area contributed by atoms with Gasteiger partial charge < -0.3 is 4.74 Å². The van der Waals surface area contributed by atoms with Crippen molar-refractivity contribution in [2.45, 2.75) is 13.8 Å². The zero-order valence-electron chi connectivity index (χ0n) is 10.4. The van der Waals surface area contributed by atoms with Crippen molar-refractivity contribution in [1.82, 2.24) is 4.98 Å². The number of benzene rings is 1. The van der Waals surface area contributed by atoms with Crippen molar-refractivity contribution in [3.8, 4) is 10.6 Å². The van der Waals surface area contributed by atoms with Crippen LogP contribution in [0.5, 0.6) is 0 Å². The number of hydrogen-bond acceptors (Lipinski definition) is 4. The Bertz CT molecular complexity index is 627. The van der Waals surface area contributed by atoms with Crippen LogP contribution in [0.3, 0.4) is 0 Å². The first-order chi connectivity index (χ1) is 9.04. The Morgan fingerprint density at radius 3 is 2.95 bits per heavy atom. The third kappa shape index (κ3) is 2.77. The predicted molar refractivity (Wildman–Crippen MR) is 73.2 cm³/mol. The molecule has 2 aromatic rings. The molecule has 0 N–H and O–H groups in total. The van der Waals surface area contributed by atoms with Crippen LogP contribution in [0.25, 0.3) is 10.6 Å². The summed E-state index contributed by atoms with van der Waals surface area (Å²) >= 11 is 6.97. The van der Waals surface area contributed by atoms with Gasteiger partial charge in [-0.05, 0) is 26.0 Å². The normalized spacial score (nSPS) is 10.5. The summed E-state index contributed by atoms with van der Waals surface area (Å²) in [5.74, 6) is -1.03. The summed E-state index contributed by atoms with van der Waals surface area (Å²) in [6.45, 7) is 3.74. The van der Waals surface area contributed by atoms with E-state index < -0.39 is 11.8 Å². The van der Waals surface area contributed by atoms with Gasteiger partial charge in [-0.1, -0.05) is 17.7 Å². The Morgan fingerprint density at radius 1 is 1.53 bits per heavy atom. The Kier molecular flexibility index (Phi) is 4.17. The summed E-state index contributed by atoms with van der Waals surface area (Å²) in [5.41, 5.74) is 0.511. The quantitative estimate of drug-likeness (QED) is 0.801. The molecule has 0 radical (unpaired) electrons. The molecule has 0 bridgehead atoms. The van der Waals surface area contributed by atoms with Gasteiger partial charge in [-0.15, -0.1) is 11.3 Å². The average molecular weight is 300 g/mol. The van der Waals surface area contributed by atoms with E-state index >= 15 is 0 Å². The molecule has 6 heteroatoms. The Balaban J connectivity index is 2.45. The molecule has 1 aromatic carbocycles. The second-order valence-electron chi connectivity index (χ2n) is 3.75. The number of carbonyl (C=O) groups is 1. The van der Waals surface area contributed by atoms with Crippen molar-refractivity contribution in [3.63, 3.8) is 0 Å². The highest BCUT2D eigenvalue weighted by Gasteiger charge is 2.19. The Morgan fingerprint density at radius 2 is 2.26 bits per heavy atom. The third-order valence-electron chi connectivity index (χ3n) is 2.45. The SMILES string of the molecule is CCOC(=O)c1nc(-c2cccc(Cl)c2F)sc1C. The molecule has 0 spiro atoms. The van der Waals surface area contributed by atoms with Gasteiger partial charge in [0.2, 0.25) is 0 Å². The summed E-state index contributed by atoms with van der Waals surface area (Å²) in [6, 6.07) is 4.68. The number of ether oxygens (including phenoxy) is 1. The van der Waals surface area contributed by atoms with Gasteiger partial charge in [0.1, 0.15) is 5.01 Å². The molecule has 0 aliphatic rings. The highest BCUT2D eigenvalue weighted by molar-refractivity contribution is 7.15. The van der Waals surface area contributed by atoms with Crippen molar-refractivity contribution in [1.29, 1.82) is 0 Å². The fourth-order valence-corrected chi connectivity index (χ4v) is 2.66. The molecule has 0 unspecified atom stereocenters. The van der Waals surface area contributed by atoms with E-state index in [-0.39, 0.29) is 22.9 Å². The highest BCUT2D eigenvalue weighted by Crippen LogP contribution is 2.32. The van der Waals surface area contributed by atoms with Crippen molar-refractivity contribution >= 4 is 28.9 Å². The number of hydrogen-bond donors (Lipinski definition) is 0. The van der Waals surface area contributed by atoms with E-state index in [1.54, 1.807) is 26.0 Å². The van der Waals surface area contributed by atoms with Gasteiger partial charge in [-0.2, -0.15) is 0 Å². The molecular weight excluding hydrogens is 289 g/mol. The second-order valence-corrected chi connectivity index (χ2v) is 5.36. The van der Waals surface area contributed by atoms with E-state index in [2.05, 4.69) is 4.98 Å². The third-order valence-corrected chi connectivity index (χ3v) is 3.74. The van der Waals surface area contributed by atoms with Gasteiger partial charge in [-0.3, -0.25) is 0 Å². The van der Waals surface area contributed by atoms with Crippen molar-refractivity contribution < 1.29 is 13.9 Å². The van der Waals surface area contributed by atoms with E-state index in [0.29, 0.717) is 9.88 Å². The first-order valence-corrected chi connectivity index (χ1v) is 6.83. The summed E-state index contributed by atoms with van der Waals surface area (Å²) in [5, 5.41) is 0.448. The lowest BCUT2D eigenvalue weighted by molar-refractivity contribution is 0.0519. The lowest BCUT2D eigenvalue weighted by Gasteiger charge is -2.00. The van der Waals surface area contributed by atoms with E-state index in [4.69, 9.17) is 16.3 Å². The first kappa shape index (κ1) is 14.0. The number of aryl methyl sites for hydroxylation is 1. The topological polar surface area (TPSA) is 39.2 Å². The van der Waals surface area contributed by atoms with E-state index in [1.807, 2.05) is 0 Å². The molecule has 0 aliphatic heterocycles. The van der Waals surface area contributed by atoms with Crippen LogP contribution in [0.1, 0.15) is 22.3 Å². The molecule has 1 aromatic heterocycles. The van der Waals surface area contributed by atoms with Crippen LogP contribution in [-0.4, -0.2) is 17.6 Å². The van der Waals surface area contributed by atoms with Crippen LogP contribution in [0.2, 0.25) is 5.02 Å². The molecule has 100 valence electrons. The first-order valence-electron chi connectivity index (χ1n) is 5.63. The molecule has 0 saturated carbocycles. The maximum Gasteiger partial charge on any atom is 0.358 e. The van der Waals surface area contributed by atoms with Crippen LogP contribution < -0.4 is 0 Å². The molecule has 0 atom stereocenters. The number of nitrogens with zero attached hydrogens (tertiary/aromatic N) is 1. The average Bonchev–Trinajstić information content (AvgIpc) is 2.75. The van der Waals surface area contributed by atoms with Crippen LogP contribution in [0.15, 0.2) is 18.2 Å². The largest absolute Gasteiger partial charge is 0.461 e. The van der Waals surface area contributed by atoms with Crippen molar-refractivity contribution in [3.05, 3.63) is 39.6 Å². The van der Waals surface area contributed by atoms with Gasteiger partial charge in [0.05, 0.1) is 11.6 Å². The van der Waals surface area contributed by atoms with Gasteiger partial charge in [0, 0.05) is 10.4 Å².